The molecule has 2 aliphatic carbocycles. The quantitative estimate of drug-likeness (QED) is 0.702. The second kappa shape index (κ2) is 6.53. The molecule has 0 aromatic heterocycles. The van der Waals surface area contributed by atoms with E-state index in [9.17, 15) is 5.11 Å². The molecule has 0 saturated heterocycles. The predicted molar refractivity (Wildman–Crippen MR) is 114 cm³/mol. The van der Waals surface area contributed by atoms with Crippen molar-refractivity contribution in [3.05, 3.63) is 85.7 Å². The fourth-order valence-corrected chi connectivity index (χ4v) is 6.31. The van der Waals surface area contributed by atoms with Crippen LogP contribution in [0.5, 0.6) is 0 Å². The third-order valence-corrected chi connectivity index (χ3v) is 9.24. The lowest BCUT2D eigenvalue weighted by Crippen LogP contribution is -2.28. The van der Waals surface area contributed by atoms with Crippen molar-refractivity contribution in [2.24, 2.45) is 0 Å². The van der Waals surface area contributed by atoms with Gasteiger partial charge in [0.25, 0.3) is 0 Å². The minimum Gasteiger partial charge on any atom is -0.397 e. The third-order valence-electron chi connectivity index (χ3n) is 5.85. The standard InChI is InChI=1S/C24H26OSi/c1-4-17-10-12-22-21-8-6-5-7-18(21)16-23(22)24(17)19-9-11-20(15-19)26(2,3)14-13-25/h4-8,10-12,15-16,25H,9,13-14H2,1-3H3. The van der Waals surface area contributed by atoms with Crippen molar-refractivity contribution in [2.45, 2.75) is 32.5 Å². The molecule has 2 aromatic carbocycles. The Bertz CT molecular complexity index is 1150. The number of hydrogen-bond acceptors (Lipinski definition) is 1. The maximum atomic E-state index is 9.43. The molecule has 0 unspecified atom stereocenters. The first kappa shape index (κ1) is 17.3. The van der Waals surface area contributed by atoms with Gasteiger partial charge in [0.05, 0.1) is 8.07 Å². The molecule has 0 spiro atoms. The summed E-state index contributed by atoms with van der Waals surface area (Å²) >= 11 is 0. The van der Waals surface area contributed by atoms with Crippen molar-refractivity contribution < 1.29 is 5.11 Å². The van der Waals surface area contributed by atoms with Crippen molar-refractivity contribution in [1.82, 2.24) is 0 Å². The van der Waals surface area contributed by atoms with Gasteiger partial charge in [-0.05, 0) is 63.0 Å². The molecule has 0 heterocycles. The van der Waals surface area contributed by atoms with Gasteiger partial charge in [0.1, 0.15) is 0 Å². The first-order valence-corrected chi connectivity index (χ1v) is 12.7. The van der Waals surface area contributed by atoms with Crippen molar-refractivity contribution >= 4 is 25.8 Å². The number of fused-ring (bicyclic) bond motifs is 2. The van der Waals surface area contributed by atoms with Crippen LogP contribution in [0.4, 0.5) is 0 Å². The summed E-state index contributed by atoms with van der Waals surface area (Å²) in [6.07, 6.45) is 10.4. The molecular formula is C24H26OSi. The molecule has 1 N–H and O–H groups in total. The Labute approximate surface area is 156 Å². The van der Waals surface area contributed by atoms with Crippen LogP contribution in [-0.2, 0) is 0 Å². The molecule has 132 valence electrons. The fraction of sp³-hybridized carbons (Fsp3) is 0.250. The molecule has 0 fully saturated rings. The lowest BCUT2D eigenvalue weighted by Gasteiger charge is -2.21. The van der Waals surface area contributed by atoms with Crippen molar-refractivity contribution in [3.8, 4) is 0 Å². The van der Waals surface area contributed by atoms with E-state index in [4.69, 9.17) is 0 Å². The molecule has 0 bridgehead atoms. The molecule has 0 atom stereocenters. The van der Waals surface area contributed by atoms with E-state index in [1.54, 1.807) is 0 Å². The highest BCUT2D eigenvalue weighted by Gasteiger charge is 2.27. The molecule has 2 aromatic rings. The number of aliphatic hydroxyl groups excluding tert-OH is 1. The smallest absolute Gasteiger partial charge is 0.0824 e. The van der Waals surface area contributed by atoms with Gasteiger partial charge in [0, 0.05) is 6.61 Å². The Kier molecular flexibility index (Phi) is 4.34. The maximum absolute atomic E-state index is 9.43. The van der Waals surface area contributed by atoms with Crippen LogP contribution in [0, 0.1) is 10.4 Å². The molecular weight excluding hydrogens is 332 g/mol. The van der Waals surface area contributed by atoms with E-state index in [2.05, 4.69) is 80.7 Å². The summed E-state index contributed by atoms with van der Waals surface area (Å²) in [6, 6.07) is 14.1. The van der Waals surface area contributed by atoms with Crippen LogP contribution in [0.15, 0.2) is 53.7 Å². The first-order valence-electron chi connectivity index (χ1n) is 9.48. The second-order valence-electron chi connectivity index (χ2n) is 7.90. The van der Waals surface area contributed by atoms with Crippen molar-refractivity contribution in [3.63, 3.8) is 0 Å². The molecule has 2 aliphatic rings. The minimum absolute atomic E-state index is 0.289. The lowest BCUT2D eigenvalue weighted by molar-refractivity contribution is 0.316. The van der Waals surface area contributed by atoms with Gasteiger partial charge >= 0.3 is 0 Å². The van der Waals surface area contributed by atoms with Gasteiger partial charge < -0.3 is 5.11 Å². The van der Waals surface area contributed by atoms with E-state index in [0.717, 1.165) is 12.5 Å². The summed E-state index contributed by atoms with van der Waals surface area (Å²) in [5.74, 6) is 0. The van der Waals surface area contributed by atoms with Gasteiger partial charge in [-0.15, -0.1) is 0 Å². The average molecular weight is 359 g/mol. The van der Waals surface area contributed by atoms with Crippen molar-refractivity contribution in [2.75, 3.05) is 6.61 Å². The molecule has 4 rings (SSSR count). The second-order valence-corrected chi connectivity index (χ2v) is 12.7. The summed E-state index contributed by atoms with van der Waals surface area (Å²) < 4.78 is 0. The lowest BCUT2D eigenvalue weighted by atomic mass is 9.95. The monoisotopic (exact) mass is 358 g/mol. The molecule has 0 saturated carbocycles. The summed E-state index contributed by atoms with van der Waals surface area (Å²) in [5, 5.41) is 16.2. The van der Waals surface area contributed by atoms with Crippen LogP contribution in [0.2, 0.25) is 19.1 Å². The Morgan fingerprint density at radius 3 is 2.62 bits per heavy atom. The normalized spacial score (nSPS) is 16.1. The van der Waals surface area contributed by atoms with E-state index >= 15 is 0 Å². The average Bonchev–Trinajstić information content (AvgIpc) is 3.26. The highest BCUT2D eigenvalue weighted by Crippen LogP contribution is 2.34. The summed E-state index contributed by atoms with van der Waals surface area (Å²) in [7, 11) is -1.55. The van der Waals surface area contributed by atoms with Crippen molar-refractivity contribution in [1.29, 1.82) is 0 Å². The first-order chi connectivity index (χ1) is 12.5. The highest BCUT2D eigenvalue weighted by atomic mass is 28.3. The van der Waals surface area contributed by atoms with Crippen LogP contribution < -0.4 is 10.4 Å². The summed E-state index contributed by atoms with van der Waals surface area (Å²) in [6.45, 7) is 7.14. The van der Waals surface area contributed by atoms with E-state index in [0.29, 0.717) is 0 Å². The van der Waals surface area contributed by atoms with E-state index in [1.807, 2.05) is 0 Å². The fourth-order valence-electron chi connectivity index (χ4n) is 4.24. The molecule has 0 aliphatic heterocycles. The topological polar surface area (TPSA) is 20.2 Å². The molecule has 2 heteroatoms. The zero-order chi connectivity index (χ0) is 18.3. The number of allylic oxidation sites excluding steroid dienone is 4. The minimum atomic E-state index is -1.55. The van der Waals surface area contributed by atoms with E-state index < -0.39 is 8.07 Å². The van der Waals surface area contributed by atoms with Crippen LogP contribution in [-0.4, -0.2) is 19.8 Å². The Hall–Kier alpha value is -2.16. The summed E-state index contributed by atoms with van der Waals surface area (Å²) in [5.41, 5.74) is 4.18. The number of benzene rings is 2. The zero-order valence-corrected chi connectivity index (χ0v) is 16.8. The van der Waals surface area contributed by atoms with E-state index in [-0.39, 0.29) is 6.61 Å². The SMILES string of the molecule is CC=c1ccc2c(c1C1=CC([Si](C)(C)CCO)=CC1)C=c1ccccc1=2. The van der Waals surface area contributed by atoms with Crippen LogP contribution in [0.1, 0.15) is 24.5 Å². The van der Waals surface area contributed by atoms with Gasteiger partial charge in [-0.25, -0.2) is 0 Å². The van der Waals surface area contributed by atoms with E-state index in [1.165, 1.54) is 42.8 Å². The maximum Gasteiger partial charge on any atom is 0.0824 e. The van der Waals surface area contributed by atoms with Crippen LogP contribution in [0.3, 0.4) is 0 Å². The third kappa shape index (κ3) is 2.74. The Balaban J connectivity index is 1.91. The number of hydrogen-bond donors (Lipinski definition) is 1. The highest BCUT2D eigenvalue weighted by molar-refractivity contribution is 6.85. The molecule has 26 heavy (non-hydrogen) atoms. The van der Waals surface area contributed by atoms with Crippen LogP contribution in [0.25, 0.3) is 17.7 Å². The Morgan fingerprint density at radius 2 is 1.85 bits per heavy atom. The van der Waals surface area contributed by atoms with Gasteiger partial charge in [-0.1, -0.05) is 72.9 Å². The number of aliphatic hydroxyl groups is 1. The van der Waals surface area contributed by atoms with Crippen LogP contribution >= 0.6 is 0 Å². The van der Waals surface area contributed by atoms with Gasteiger partial charge in [0.2, 0.25) is 0 Å². The summed E-state index contributed by atoms with van der Waals surface area (Å²) in [4.78, 5) is 0. The predicted octanol–water partition coefficient (Wildman–Crippen LogP) is 3.87. The Morgan fingerprint density at radius 1 is 1.04 bits per heavy atom. The largest absolute Gasteiger partial charge is 0.397 e. The molecule has 1 nitrogen and oxygen atoms in total. The zero-order valence-electron chi connectivity index (χ0n) is 15.8. The van der Waals surface area contributed by atoms with Gasteiger partial charge in [-0.3, -0.25) is 0 Å². The van der Waals surface area contributed by atoms with Gasteiger partial charge in [0.15, 0.2) is 0 Å². The molecule has 0 amide bonds. The number of rotatable bonds is 4. The molecule has 0 radical (unpaired) electrons. The van der Waals surface area contributed by atoms with Gasteiger partial charge in [-0.2, -0.15) is 0 Å².